The molecule has 0 bridgehead atoms. The average molecular weight is 497 g/mol. The molecule has 0 unspecified atom stereocenters. The Kier molecular flexibility index (Phi) is 7.73. The van der Waals surface area contributed by atoms with Gasteiger partial charge in [-0.05, 0) is 66.9 Å². The fourth-order valence-corrected chi connectivity index (χ4v) is 4.03. The molecule has 188 valence electrons. The second kappa shape index (κ2) is 11.3. The fraction of sp³-hybridized carbons (Fsp3) is 0.179. The van der Waals surface area contributed by atoms with E-state index in [1.54, 1.807) is 30.6 Å². The van der Waals surface area contributed by atoms with E-state index >= 15 is 0 Å². The minimum Gasteiger partial charge on any atom is -0.330 e. The Morgan fingerprint density at radius 2 is 1.95 bits per heavy atom. The maximum atomic E-state index is 12.5. The van der Waals surface area contributed by atoms with Gasteiger partial charge in [-0.3, -0.25) is 14.4 Å². The maximum Gasteiger partial charge on any atom is 0.256 e. The summed E-state index contributed by atoms with van der Waals surface area (Å²) in [7, 11) is 0. The van der Waals surface area contributed by atoms with Gasteiger partial charge in [-0.15, -0.1) is 0 Å². The molecule has 4 aromatic rings. The summed E-state index contributed by atoms with van der Waals surface area (Å²) in [6, 6.07) is 14.6. The molecule has 2 aromatic carbocycles. The molecule has 2 heterocycles. The van der Waals surface area contributed by atoms with Crippen LogP contribution in [0.4, 0.5) is 17.3 Å². The van der Waals surface area contributed by atoms with Crippen LogP contribution in [0.5, 0.6) is 0 Å². The van der Waals surface area contributed by atoms with Gasteiger partial charge in [-0.1, -0.05) is 25.6 Å². The van der Waals surface area contributed by atoms with Crippen LogP contribution in [0, 0.1) is 6.92 Å². The Balaban J connectivity index is 1.48. The van der Waals surface area contributed by atoms with Gasteiger partial charge in [-0.2, -0.15) is 0 Å². The van der Waals surface area contributed by atoms with Gasteiger partial charge in [0.25, 0.3) is 5.56 Å². The lowest BCUT2D eigenvalue weighted by Gasteiger charge is -2.20. The Morgan fingerprint density at radius 3 is 2.70 bits per heavy atom. The highest BCUT2D eigenvalue weighted by molar-refractivity contribution is 5.96. The molecule has 0 atom stereocenters. The molecule has 0 aliphatic heterocycles. The molecule has 4 rings (SSSR count). The van der Waals surface area contributed by atoms with Crippen LogP contribution in [-0.2, 0) is 9.59 Å². The normalized spacial score (nSPS) is 10.6. The van der Waals surface area contributed by atoms with Crippen molar-refractivity contribution < 1.29 is 9.59 Å². The molecule has 0 spiro atoms. The molecule has 9 heteroatoms. The van der Waals surface area contributed by atoms with E-state index in [1.165, 1.54) is 11.0 Å². The van der Waals surface area contributed by atoms with Crippen LogP contribution in [-0.4, -0.2) is 44.8 Å². The lowest BCUT2D eigenvalue weighted by molar-refractivity contribution is -0.130. The number of aryl methyl sites for hydroxylation is 1. The van der Waals surface area contributed by atoms with Gasteiger partial charge in [0.2, 0.25) is 17.8 Å². The highest BCUT2D eigenvalue weighted by Gasteiger charge is 2.14. The van der Waals surface area contributed by atoms with E-state index < -0.39 is 0 Å². The fourth-order valence-electron chi connectivity index (χ4n) is 4.03. The van der Waals surface area contributed by atoms with E-state index in [0.29, 0.717) is 29.4 Å². The average Bonchev–Trinajstić information content (AvgIpc) is 2.88. The number of hydrogen-bond acceptors (Lipinski definition) is 6. The minimum absolute atomic E-state index is 0.0551. The second-order valence-corrected chi connectivity index (χ2v) is 8.55. The van der Waals surface area contributed by atoms with Crippen molar-refractivity contribution in [3.63, 3.8) is 0 Å². The molecule has 0 saturated heterocycles. The Labute approximate surface area is 214 Å². The summed E-state index contributed by atoms with van der Waals surface area (Å²) in [6.45, 7) is 7.75. The van der Waals surface area contributed by atoms with Crippen LogP contribution in [0.25, 0.3) is 22.0 Å². The molecule has 0 aliphatic rings. The van der Waals surface area contributed by atoms with Gasteiger partial charge in [0.1, 0.15) is 6.54 Å². The zero-order chi connectivity index (χ0) is 26.4. The number of carbonyl (C=O) groups excluding carboxylic acids is 2. The molecular formula is C28H28N6O3. The van der Waals surface area contributed by atoms with E-state index in [9.17, 15) is 14.4 Å². The largest absolute Gasteiger partial charge is 0.330 e. The smallest absolute Gasteiger partial charge is 0.256 e. The van der Waals surface area contributed by atoms with Crippen molar-refractivity contribution >= 4 is 40.0 Å². The number of benzene rings is 2. The third kappa shape index (κ3) is 6.07. The topological polar surface area (TPSA) is 120 Å². The zero-order valence-electron chi connectivity index (χ0n) is 20.7. The number of aromatic nitrogens is 3. The van der Waals surface area contributed by atoms with Crippen LogP contribution < -0.4 is 16.2 Å². The number of nitrogens with zero attached hydrogens (tertiary/aromatic N) is 3. The number of amides is 2. The zero-order valence-corrected chi connectivity index (χ0v) is 20.7. The second-order valence-electron chi connectivity index (χ2n) is 8.55. The molecule has 0 aliphatic carbocycles. The molecule has 0 radical (unpaired) electrons. The summed E-state index contributed by atoms with van der Waals surface area (Å²) < 4.78 is 0. The molecule has 2 amide bonds. The summed E-state index contributed by atoms with van der Waals surface area (Å²) in [5.74, 6) is -0.187. The number of aromatic amines is 1. The van der Waals surface area contributed by atoms with Crippen molar-refractivity contribution in [1.82, 2.24) is 19.9 Å². The van der Waals surface area contributed by atoms with Crippen molar-refractivity contribution in [2.45, 2.75) is 20.3 Å². The quantitative estimate of drug-likeness (QED) is 0.296. The van der Waals surface area contributed by atoms with Gasteiger partial charge >= 0.3 is 0 Å². The summed E-state index contributed by atoms with van der Waals surface area (Å²) in [4.78, 5) is 49.9. The molecule has 2 aromatic heterocycles. The van der Waals surface area contributed by atoms with Crippen molar-refractivity contribution in [2.75, 3.05) is 23.7 Å². The number of carbonyl (C=O) groups is 2. The molecular weight excluding hydrogens is 468 g/mol. The predicted octanol–water partition coefficient (Wildman–Crippen LogP) is 4.40. The van der Waals surface area contributed by atoms with Crippen molar-refractivity contribution in [3.8, 4) is 11.1 Å². The number of H-pyrrole nitrogens is 1. The first-order chi connectivity index (χ1) is 17.9. The van der Waals surface area contributed by atoms with Gasteiger partial charge < -0.3 is 20.5 Å². The van der Waals surface area contributed by atoms with Crippen LogP contribution >= 0.6 is 0 Å². The van der Waals surface area contributed by atoms with Gasteiger partial charge in [0.05, 0.1) is 5.52 Å². The minimum atomic E-state index is -0.300. The van der Waals surface area contributed by atoms with Crippen LogP contribution in [0.1, 0.15) is 18.9 Å². The molecule has 9 nitrogen and oxygen atoms in total. The van der Waals surface area contributed by atoms with Crippen LogP contribution in [0.2, 0.25) is 0 Å². The number of fused-ring (bicyclic) bond motifs is 1. The number of rotatable bonds is 9. The first kappa shape index (κ1) is 25.3. The standard InChI is InChI=1S/C28H28N6O3/c1-4-13-34(25(36)5-2)17-24(35)31-21-7-6-8-22(15-21)32-28-30-16-20-14-19(9-10-23(20)33-28)26-18(3)11-12-29-27(26)37/h5-12,14-16H,2,4,13,17H2,1,3H3,(H,29,37)(H,31,35)(H,30,32,33). The monoisotopic (exact) mass is 496 g/mol. The number of hydrogen-bond donors (Lipinski definition) is 3. The highest BCUT2D eigenvalue weighted by atomic mass is 16.2. The maximum absolute atomic E-state index is 12.5. The van der Waals surface area contributed by atoms with Crippen molar-refractivity contribution in [1.29, 1.82) is 0 Å². The summed E-state index contributed by atoms with van der Waals surface area (Å²) in [5.41, 5.74) is 4.15. The first-order valence-electron chi connectivity index (χ1n) is 11.9. The third-order valence-corrected chi connectivity index (χ3v) is 5.75. The first-order valence-corrected chi connectivity index (χ1v) is 11.9. The summed E-state index contributed by atoms with van der Waals surface area (Å²) in [6.07, 6.45) is 5.28. The van der Waals surface area contributed by atoms with E-state index in [2.05, 4.69) is 32.2 Å². The Hall–Kier alpha value is -4.79. The van der Waals surface area contributed by atoms with Crippen molar-refractivity contribution in [2.24, 2.45) is 0 Å². The third-order valence-electron chi connectivity index (χ3n) is 5.75. The van der Waals surface area contributed by atoms with Gasteiger partial charge in [0.15, 0.2) is 0 Å². The lowest BCUT2D eigenvalue weighted by atomic mass is 10.0. The molecule has 37 heavy (non-hydrogen) atoms. The van der Waals surface area contributed by atoms with E-state index in [0.717, 1.165) is 28.5 Å². The highest BCUT2D eigenvalue weighted by Crippen LogP contribution is 2.25. The molecule has 0 saturated carbocycles. The van der Waals surface area contributed by atoms with Crippen LogP contribution in [0.15, 0.2) is 78.4 Å². The Morgan fingerprint density at radius 1 is 1.14 bits per heavy atom. The van der Waals surface area contributed by atoms with E-state index in [-0.39, 0.29) is 23.9 Å². The molecule has 3 N–H and O–H groups in total. The Bertz CT molecular complexity index is 1530. The number of nitrogens with one attached hydrogen (secondary N) is 3. The van der Waals surface area contributed by atoms with Crippen molar-refractivity contribution in [3.05, 3.63) is 89.5 Å². The van der Waals surface area contributed by atoms with E-state index in [4.69, 9.17) is 0 Å². The van der Waals surface area contributed by atoms with Crippen LogP contribution in [0.3, 0.4) is 0 Å². The van der Waals surface area contributed by atoms with Gasteiger partial charge in [-0.25, -0.2) is 9.97 Å². The molecule has 0 fully saturated rings. The lowest BCUT2D eigenvalue weighted by Crippen LogP contribution is -2.37. The van der Waals surface area contributed by atoms with Gasteiger partial charge in [0, 0.05) is 41.3 Å². The number of anilines is 3. The predicted molar refractivity (Wildman–Crippen MR) is 146 cm³/mol. The summed E-state index contributed by atoms with van der Waals surface area (Å²) in [5, 5.41) is 6.78. The van der Waals surface area contributed by atoms with E-state index in [1.807, 2.05) is 44.2 Å². The summed E-state index contributed by atoms with van der Waals surface area (Å²) >= 11 is 0. The number of pyridine rings is 1. The SMILES string of the molecule is C=CC(=O)N(CCC)CC(=O)Nc1cccc(Nc2ncc3cc(-c4c(C)cc[nH]c4=O)ccc3n2)c1.